The fourth-order valence-corrected chi connectivity index (χ4v) is 3.33. The summed E-state index contributed by atoms with van der Waals surface area (Å²) in [4.78, 5) is 38.1. The van der Waals surface area contributed by atoms with Gasteiger partial charge in [0, 0.05) is 25.4 Å². The van der Waals surface area contributed by atoms with Crippen molar-refractivity contribution in [3.63, 3.8) is 0 Å². The summed E-state index contributed by atoms with van der Waals surface area (Å²) in [6.45, 7) is 4.47. The first-order valence-electron chi connectivity index (χ1n) is 10.5. The Morgan fingerprint density at radius 2 is 1.45 bits per heavy atom. The standard InChI is InChI=1S/C24H28N2O5/c1-18(2)22(27)25-14-9-15-26(25)24(29)31-21(16-19-10-5-3-6-11-19)23(28)30-17-20-12-7-4-8-13-20/h3-8,10-13,18,21H,9,14-17H2,1-2H3. The van der Waals surface area contributed by atoms with Crippen molar-refractivity contribution in [2.24, 2.45) is 5.92 Å². The van der Waals surface area contributed by atoms with E-state index in [1.807, 2.05) is 60.7 Å². The predicted molar refractivity (Wildman–Crippen MR) is 115 cm³/mol. The first-order valence-corrected chi connectivity index (χ1v) is 10.5. The third-order valence-electron chi connectivity index (χ3n) is 4.98. The maximum absolute atomic E-state index is 12.9. The summed E-state index contributed by atoms with van der Waals surface area (Å²) in [7, 11) is 0. The quantitative estimate of drug-likeness (QED) is 0.635. The van der Waals surface area contributed by atoms with Gasteiger partial charge in [-0.3, -0.25) is 4.79 Å². The van der Waals surface area contributed by atoms with Crippen molar-refractivity contribution in [3.8, 4) is 0 Å². The summed E-state index contributed by atoms with van der Waals surface area (Å²) >= 11 is 0. The molecule has 164 valence electrons. The van der Waals surface area contributed by atoms with Crippen molar-refractivity contribution >= 4 is 18.0 Å². The van der Waals surface area contributed by atoms with Gasteiger partial charge in [-0.05, 0) is 17.5 Å². The van der Waals surface area contributed by atoms with E-state index in [0.29, 0.717) is 19.5 Å². The molecule has 1 unspecified atom stereocenters. The van der Waals surface area contributed by atoms with E-state index < -0.39 is 18.2 Å². The Bertz CT molecular complexity index is 885. The summed E-state index contributed by atoms with van der Waals surface area (Å²) in [5.74, 6) is -1.02. The van der Waals surface area contributed by atoms with Gasteiger partial charge in [0.25, 0.3) is 0 Å². The Morgan fingerprint density at radius 1 is 0.871 bits per heavy atom. The molecule has 0 radical (unpaired) electrons. The molecule has 31 heavy (non-hydrogen) atoms. The van der Waals surface area contributed by atoms with Gasteiger partial charge in [0.15, 0.2) is 0 Å². The molecule has 1 aliphatic heterocycles. The van der Waals surface area contributed by atoms with Crippen LogP contribution in [0.15, 0.2) is 60.7 Å². The Morgan fingerprint density at radius 3 is 2.06 bits per heavy atom. The minimum Gasteiger partial charge on any atom is -0.458 e. The number of carbonyl (C=O) groups is 3. The molecule has 2 aromatic carbocycles. The number of hydrogen-bond donors (Lipinski definition) is 0. The third-order valence-corrected chi connectivity index (χ3v) is 4.98. The Hall–Kier alpha value is -3.35. The van der Waals surface area contributed by atoms with E-state index in [1.54, 1.807) is 13.8 Å². The van der Waals surface area contributed by atoms with Crippen LogP contribution in [0.25, 0.3) is 0 Å². The lowest BCUT2D eigenvalue weighted by molar-refractivity contribution is -0.157. The molecule has 0 aliphatic carbocycles. The molecule has 0 saturated carbocycles. The topological polar surface area (TPSA) is 76.2 Å². The molecule has 7 heteroatoms. The normalized spacial score (nSPS) is 14.4. The lowest BCUT2D eigenvalue weighted by atomic mass is 10.1. The van der Waals surface area contributed by atoms with Gasteiger partial charge < -0.3 is 9.47 Å². The van der Waals surface area contributed by atoms with Gasteiger partial charge in [0.05, 0.1) is 0 Å². The first kappa shape index (κ1) is 22.3. The van der Waals surface area contributed by atoms with Crippen LogP contribution in [-0.2, 0) is 32.1 Å². The number of amides is 2. The molecule has 1 saturated heterocycles. The van der Waals surface area contributed by atoms with Crippen molar-refractivity contribution < 1.29 is 23.9 Å². The maximum Gasteiger partial charge on any atom is 0.429 e. The molecule has 1 fully saturated rings. The summed E-state index contributed by atoms with van der Waals surface area (Å²) in [6, 6.07) is 18.6. The highest BCUT2D eigenvalue weighted by molar-refractivity contribution is 5.83. The van der Waals surface area contributed by atoms with Crippen LogP contribution >= 0.6 is 0 Å². The molecule has 3 rings (SSSR count). The van der Waals surface area contributed by atoms with Crippen LogP contribution in [0.2, 0.25) is 0 Å². The number of nitrogens with zero attached hydrogens (tertiary/aromatic N) is 2. The molecule has 1 aliphatic rings. The van der Waals surface area contributed by atoms with Gasteiger partial charge in [-0.15, -0.1) is 0 Å². The molecule has 7 nitrogen and oxygen atoms in total. The lowest BCUT2D eigenvalue weighted by Crippen LogP contribution is -2.48. The molecule has 0 N–H and O–H groups in total. The van der Waals surface area contributed by atoms with Gasteiger partial charge in [-0.1, -0.05) is 74.5 Å². The van der Waals surface area contributed by atoms with Crippen molar-refractivity contribution in [3.05, 3.63) is 71.8 Å². The maximum atomic E-state index is 12.9. The predicted octanol–water partition coefficient (Wildman–Crippen LogP) is 3.58. The number of esters is 1. The summed E-state index contributed by atoms with van der Waals surface area (Å²) in [5, 5.41) is 2.69. The van der Waals surface area contributed by atoms with Crippen LogP contribution < -0.4 is 0 Å². The van der Waals surface area contributed by atoms with Crippen LogP contribution in [0.1, 0.15) is 31.4 Å². The van der Waals surface area contributed by atoms with E-state index in [0.717, 1.165) is 11.1 Å². The zero-order valence-corrected chi connectivity index (χ0v) is 17.9. The lowest BCUT2D eigenvalue weighted by Gasteiger charge is -2.29. The Labute approximate surface area is 182 Å². The van der Waals surface area contributed by atoms with E-state index in [4.69, 9.17) is 9.47 Å². The highest BCUT2D eigenvalue weighted by atomic mass is 16.6. The van der Waals surface area contributed by atoms with Gasteiger partial charge in [-0.2, -0.15) is 0 Å². The second-order valence-corrected chi connectivity index (χ2v) is 7.75. The van der Waals surface area contributed by atoms with Crippen molar-refractivity contribution in [2.75, 3.05) is 13.1 Å². The number of carbonyl (C=O) groups excluding carboxylic acids is 3. The third kappa shape index (κ3) is 6.07. The monoisotopic (exact) mass is 424 g/mol. The molecule has 2 aromatic rings. The van der Waals surface area contributed by atoms with Crippen LogP contribution in [0.4, 0.5) is 4.79 Å². The second-order valence-electron chi connectivity index (χ2n) is 7.75. The summed E-state index contributed by atoms with van der Waals surface area (Å²) in [6.07, 6.45) is -0.985. The van der Waals surface area contributed by atoms with E-state index in [-0.39, 0.29) is 24.9 Å². The second kappa shape index (κ2) is 10.6. The van der Waals surface area contributed by atoms with Crippen LogP contribution in [-0.4, -0.2) is 47.2 Å². The van der Waals surface area contributed by atoms with Gasteiger partial charge in [0.2, 0.25) is 12.0 Å². The smallest absolute Gasteiger partial charge is 0.429 e. The molecule has 2 amide bonds. The Balaban J connectivity index is 1.70. The molecule has 0 aromatic heterocycles. The van der Waals surface area contributed by atoms with Gasteiger partial charge in [-0.25, -0.2) is 19.6 Å². The molecular formula is C24H28N2O5. The van der Waals surface area contributed by atoms with Crippen molar-refractivity contribution in [1.82, 2.24) is 10.0 Å². The first-order chi connectivity index (χ1) is 15.0. The van der Waals surface area contributed by atoms with Crippen LogP contribution in [0.5, 0.6) is 0 Å². The number of hydrazine groups is 1. The number of hydrogen-bond acceptors (Lipinski definition) is 5. The van der Waals surface area contributed by atoms with Crippen molar-refractivity contribution in [1.29, 1.82) is 0 Å². The van der Waals surface area contributed by atoms with E-state index in [2.05, 4.69) is 0 Å². The SMILES string of the molecule is CC(C)C(=O)N1CCCN1C(=O)OC(Cc1ccccc1)C(=O)OCc1ccccc1. The van der Waals surface area contributed by atoms with Gasteiger partial charge in [0.1, 0.15) is 6.61 Å². The average molecular weight is 424 g/mol. The van der Waals surface area contributed by atoms with Crippen LogP contribution in [0.3, 0.4) is 0 Å². The molecule has 0 bridgehead atoms. The highest BCUT2D eigenvalue weighted by Gasteiger charge is 2.35. The van der Waals surface area contributed by atoms with E-state index in [1.165, 1.54) is 10.0 Å². The summed E-state index contributed by atoms with van der Waals surface area (Å²) < 4.78 is 11.0. The minimum absolute atomic E-state index is 0.0875. The fourth-order valence-electron chi connectivity index (χ4n) is 3.33. The summed E-state index contributed by atoms with van der Waals surface area (Å²) in [5.41, 5.74) is 1.68. The highest BCUT2D eigenvalue weighted by Crippen LogP contribution is 2.18. The molecule has 1 atom stereocenters. The molecule has 0 spiro atoms. The number of rotatable bonds is 7. The number of benzene rings is 2. The zero-order chi connectivity index (χ0) is 22.2. The number of ether oxygens (including phenoxy) is 2. The largest absolute Gasteiger partial charge is 0.458 e. The fraction of sp³-hybridized carbons (Fsp3) is 0.375. The average Bonchev–Trinajstić information content (AvgIpc) is 3.28. The molecular weight excluding hydrogens is 396 g/mol. The zero-order valence-electron chi connectivity index (χ0n) is 17.9. The van der Waals surface area contributed by atoms with E-state index in [9.17, 15) is 14.4 Å². The van der Waals surface area contributed by atoms with Gasteiger partial charge >= 0.3 is 12.1 Å². The van der Waals surface area contributed by atoms with Crippen LogP contribution in [0, 0.1) is 5.92 Å². The van der Waals surface area contributed by atoms with E-state index >= 15 is 0 Å². The minimum atomic E-state index is -1.12. The van der Waals surface area contributed by atoms with Crippen molar-refractivity contribution in [2.45, 2.75) is 39.4 Å². The molecule has 1 heterocycles. The Kier molecular flexibility index (Phi) is 7.65.